The Morgan fingerprint density at radius 3 is 2.59 bits per heavy atom. The van der Waals surface area contributed by atoms with Gasteiger partial charge in [0.2, 0.25) is 11.8 Å². The number of hydrogen-bond donors (Lipinski definition) is 0. The highest BCUT2D eigenvalue weighted by molar-refractivity contribution is 6.33. The van der Waals surface area contributed by atoms with Gasteiger partial charge >= 0.3 is 6.18 Å². The molecule has 3 heterocycles. The van der Waals surface area contributed by atoms with E-state index in [4.69, 9.17) is 16.1 Å². The summed E-state index contributed by atoms with van der Waals surface area (Å²) < 4.78 is 43.4. The first-order chi connectivity index (χ1) is 13.8. The SMILES string of the molecule is CCCc1noc(CCC(=O)N2CCN(c3ncc(C(F)(F)F)cc3Cl)CC2)n1. The number of hydrogen-bond acceptors (Lipinski definition) is 6. The van der Waals surface area contributed by atoms with Crippen LogP contribution in [0.3, 0.4) is 0 Å². The summed E-state index contributed by atoms with van der Waals surface area (Å²) in [6.07, 6.45) is -1.43. The molecular formula is C18H21ClF3N5O2. The van der Waals surface area contributed by atoms with Gasteiger partial charge in [0.1, 0.15) is 5.82 Å². The van der Waals surface area contributed by atoms with E-state index in [0.29, 0.717) is 50.1 Å². The Morgan fingerprint density at radius 1 is 1.24 bits per heavy atom. The second-order valence-electron chi connectivity index (χ2n) is 6.75. The van der Waals surface area contributed by atoms with Crippen LogP contribution in [-0.2, 0) is 23.8 Å². The number of aryl methyl sites for hydroxylation is 2. The van der Waals surface area contributed by atoms with E-state index in [1.54, 1.807) is 9.80 Å². The van der Waals surface area contributed by atoms with Gasteiger partial charge in [-0.2, -0.15) is 18.2 Å². The summed E-state index contributed by atoms with van der Waals surface area (Å²) in [5, 5.41) is 3.81. The molecule has 1 aliphatic heterocycles. The number of rotatable bonds is 6. The van der Waals surface area contributed by atoms with E-state index in [9.17, 15) is 18.0 Å². The van der Waals surface area contributed by atoms with E-state index in [1.165, 1.54) is 0 Å². The van der Waals surface area contributed by atoms with Crippen LogP contribution in [0.25, 0.3) is 0 Å². The number of amides is 1. The van der Waals surface area contributed by atoms with Crippen molar-refractivity contribution in [2.45, 2.75) is 38.8 Å². The van der Waals surface area contributed by atoms with Crippen LogP contribution in [-0.4, -0.2) is 52.1 Å². The predicted molar refractivity (Wildman–Crippen MR) is 99.7 cm³/mol. The van der Waals surface area contributed by atoms with Crippen LogP contribution in [0.15, 0.2) is 16.8 Å². The Morgan fingerprint density at radius 2 is 1.97 bits per heavy atom. The Kier molecular flexibility index (Phi) is 6.61. The maximum absolute atomic E-state index is 12.7. The Labute approximate surface area is 170 Å². The lowest BCUT2D eigenvalue weighted by molar-refractivity contribution is -0.137. The first-order valence-electron chi connectivity index (χ1n) is 9.35. The maximum atomic E-state index is 12.7. The van der Waals surface area contributed by atoms with E-state index in [0.717, 1.165) is 25.1 Å². The largest absolute Gasteiger partial charge is 0.417 e. The van der Waals surface area contributed by atoms with Crippen molar-refractivity contribution in [3.63, 3.8) is 0 Å². The maximum Gasteiger partial charge on any atom is 0.417 e. The normalized spacial score (nSPS) is 15.1. The number of alkyl halides is 3. The molecule has 0 unspecified atom stereocenters. The lowest BCUT2D eigenvalue weighted by atomic mass is 10.2. The van der Waals surface area contributed by atoms with Crippen LogP contribution in [0.4, 0.5) is 19.0 Å². The van der Waals surface area contributed by atoms with E-state index >= 15 is 0 Å². The van der Waals surface area contributed by atoms with E-state index in [-0.39, 0.29) is 17.4 Å². The number of carbonyl (C=O) groups excluding carboxylic acids is 1. The van der Waals surface area contributed by atoms with Crippen molar-refractivity contribution in [3.8, 4) is 0 Å². The van der Waals surface area contributed by atoms with Crippen molar-refractivity contribution in [2.75, 3.05) is 31.1 Å². The summed E-state index contributed by atoms with van der Waals surface area (Å²) in [6, 6.07) is 0.874. The average molecular weight is 432 g/mol. The Hall–Kier alpha value is -2.36. The number of pyridine rings is 1. The minimum Gasteiger partial charge on any atom is -0.352 e. The fourth-order valence-corrected chi connectivity index (χ4v) is 3.36. The van der Waals surface area contributed by atoms with Gasteiger partial charge < -0.3 is 14.3 Å². The smallest absolute Gasteiger partial charge is 0.352 e. The summed E-state index contributed by atoms with van der Waals surface area (Å²) in [6.45, 7) is 3.76. The Bertz CT molecular complexity index is 850. The Balaban J connectivity index is 1.51. The lowest BCUT2D eigenvalue weighted by Crippen LogP contribution is -2.49. The molecule has 1 saturated heterocycles. The van der Waals surface area contributed by atoms with Crippen LogP contribution in [0.1, 0.15) is 37.0 Å². The summed E-state index contributed by atoms with van der Waals surface area (Å²) in [4.78, 5) is 24.0. The van der Waals surface area contributed by atoms with E-state index in [1.807, 2.05) is 6.92 Å². The molecular weight excluding hydrogens is 411 g/mol. The van der Waals surface area contributed by atoms with Gasteiger partial charge in [-0.15, -0.1) is 0 Å². The zero-order valence-corrected chi connectivity index (χ0v) is 16.6. The summed E-state index contributed by atoms with van der Waals surface area (Å²) >= 11 is 6.00. The minimum absolute atomic E-state index is 0.0358. The second-order valence-corrected chi connectivity index (χ2v) is 7.16. The van der Waals surface area contributed by atoms with Crippen molar-refractivity contribution >= 4 is 23.3 Å². The zero-order chi connectivity index (χ0) is 21.0. The van der Waals surface area contributed by atoms with Gasteiger partial charge in [-0.1, -0.05) is 23.7 Å². The van der Waals surface area contributed by atoms with Crippen LogP contribution in [0, 0.1) is 0 Å². The molecule has 0 bridgehead atoms. The molecule has 2 aromatic heterocycles. The van der Waals surface area contributed by atoms with Crippen LogP contribution in [0.5, 0.6) is 0 Å². The number of carbonyl (C=O) groups is 1. The fourth-order valence-electron chi connectivity index (χ4n) is 3.07. The highest BCUT2D eigenvalue weighted by Crippen LogP contribution is 2.33. The van der Waals surface area contributed by atoms with Crippen molar-refractivity contribution in [3.05, 3.63) is 34.6 Å². The molecule has 0 aliphatic carbocycles. The molecule has 0 saturated carbocycles. The fraction of sp³-hybridized carbons (Fsp3) is 0.556. The molecule has 1 amide bonds. The second kappa shape index (κ2) is 8.98. The number of piperazine rings is 1. The molecule has 29 heavy (non-hydrogen) atoms. The number of nitrogens with zero attached hydrogens (tertiary/aromatic N) is 5. The predicted octanol–water partition coefficient (Wildman–Crippen LogP) is 3.37. The number of halogens is 4. The molecule has 1 aliphatic rings. The molecule has 0 radical (unpaired) electrons. The van der Waals surface area contributed by atoms with Crippen LogP contribution >= 0.6 is 11.6 Å². The topological polar surface area (TPSA) is 75.4 Å². The van der Waals surface area contributed by atoms with Gasteiger partial charge in [-0.3, -0.25) is 4.79 Å². The molecule has 7 nitrogen and oxygen atoms in total. The molecule has 2 aromatic rings. The van der Waals surface area contributed by atoms with Crippen LogP contribution in [0.2, 0.25) is 5.02 Å². The number of aromatic nitrogens is 3. The standard InChI is InChI=1S/C18H21ClF3N5O2/c1-2-3-14-24-15(29-25-14)4-5-16(28)26-6-8-27(9-7-26)17-13(19)10-12(11-23-17)18(20,21)22/h10-11H,2-9H2,1H3. The lowest BCUT2D eigenvalue weighted by Gasteiger charge is -2.35. The van der Waals surface area contributed by atoms with E-state index in [2.05, 4.69) is 15.1 Å². The molecule has 158 valence electrons. The van der Waals surface area contributed by atoms with Crippen LogP contribution < -0.4 is 4.90 Å². The summed E-state index contributed by atoms with van der Waals surface area (Å²) in [7, 11) is 0. The van der Waals surface area contributed by atoms with Gasteiger partial charge in [0.15, 0.2) is 5.82 Å². The quantitative estimate of drug-likeness (QED) is 0.698. The molecule has 0 N–H and O–H groups in total. The van der Waals surface area contributed by atoms with Gasteiger partial charge in [-0.05, 0) is 12.5 Å². The summed E-state index contributed by atoms with van der Waals surface area (Å²) in [5.74, 6) is 1.35. The molecule has 3 rings (SSSR count). The molecule has 11 heteroatoms. The molecule has 0 spiro atoms. The zero-order valence-electron chi connectivity index (χ0n) is 15.9. The molecule has 1 fully saturated rings. The highest BCUT2D eigenvalue weighted by Gasteiger charge is 2.32. The van der Waals surface area contributed by atoms with Crippen molar-refractivity contribution in [1.29, 1.82) is 0 Å². The molecule has 0 aromatic carbocycles. The monoisotopic (exact) mass is 431 g/mol. The summed E-state index contributed by atoms with van der Waals surface area (Å²) in [5.41, 5.74) is -0.886. The van der Waals surface area contributed by atoms with E-state index < -0.39 is 11.7 Å². The van der Waals surface area contributed by atoms with Crippen molar-refractivity contribution in [2.24, 2.45) is 0 Å². The molecule has 0 atom stereocenters. The average Bonchev–Trinajstić information content (AvgIpc) is 3.13. The first kappa shape index (κ1) is 21.4. The third kappa shape index (κ3) is 5.37. The van der Waals surface area contributed by atoms with Gasteiger partial charge in [-0.25, -0.2) is 4.98 Å². The minimum atomic E-state index is -4.49. The van der Waals surface area contributed by atoms with Gasteiger partial charge in [0, 0.05) is 51.6 Å². The van der Waals surface area contributed by atoms with Crippen molar-refractivity contribution in [1.82, 2.24) is 20.0 Å². The van der Waals surface area contributed by atoms with Crippen molar-refractivity contribution < 1.29 is 22.5 Å². The third-order valence-corrected chi connectivity index (χ3v) is 4.90. The third-order valence-electron chi connectivity index (χ3n) is 4.62. The highest BCUT2D eigenvalue weighted by atomic mass is 35.5. The van der Waals surface area contributed by atoms with Gasteiger partial charge in [0.05, 0.1) is 10.6 Å². The van der Waals surface area contributed by atoms with Gasteiger partial charge in [0.25, 0.3) is 0 Å². The first-order valence-corrected chi connectivity index (χ1v) is 9.72. The number of anilines is 1.